The van der Waals surface area contributed by atoms with Crippen molar-refractivity contribution in [2.24, 2.45) is 23.7 Å². The first-order valence-electron chi connectivity index (χ1n) is 33.6. The summed E-state index contributed by atoms with van der Waals surface area (Å²) in [4.78, 5) is 34.2. The molecule has 488 valence electrons. The molecule has 4 aliphatic carbocycles. The van der Waals surface area contributed by atoms with E-state index in [0.717, 1.165) is 94.9 Å². The summed E-state index contributed by atoms with van der Waals surface area (Å²) >= 11 is 3.68. The minimum Gasteiger partial charge on any atom is -0.396 e. The Balaban J connectivity index is 0.000000108. The van der Waals surface area contributed by atoms with Gasteiger partial charge in [-0.15, -0.1) is 0 Å². The molecule has 4 aromatic heterocycles. The number of nitrogens with zero attached hydrogens (tertiary/aromatic N) is 4. The summed E-state index contributed by atoms with van der Waals surface area (Å²) in [6.07, 6.45) is 22.6. The molecular formula is C73H96N8O7S3. The SMILES string of the molecule is C1CCOC1.CN1C[C@H](CO)C[C@@H]2c3cccc4[nH]cc(c34)C[C@H]21.CN1C[C@H](COS(C)(=O)=O)C[C@@H]2c3cccc4[nH]cc(c34)C[C@H]21.CN1C[C@H](CSCC=O)C[C@@H]2c3cccc4[nH]cc(c34)C[C@H]21.CN1C[C@H](CSCCO)C[C@@H]2c3cccc4[nH]cc(c34)C[C@H]21. The molecular weight excluding hydrogens is 1200 g/mol. The Morgan fingerprint density at radius 3 is 1.22 bits per heavy atom. The van der Waals surface area contributed by atoms with E-state index in [-0.39, 0.29) is 12.5 Å². The minimum absolute atomic E-state index is 0.242. The summed E-state index contributed by atoms with van der Waals surface area (Å²) in [7, 11) is 5.53. The average Bonchev–Trinajstić information content (AvgIpc) is 1.78. The van der Waals surface area contributed by atoms with E-state index in [1.165, 1.54) is 127 Å². The van der Waals surface area contributed by atoms with Crippen LogP contribution in [0.25, 0.3) is 43.6 Å². The molecule has 0 bridgehead atoms. The zero-order chi connectivity index (χ0) is 62.9. The van der Waals surface area contributed by atoms with Crippen LogP contribution < -0.4 is 0 Å². The quantitative estimate of drug-likeness (QED) is 0.0386. The number of aldehydes is 1. The van der Waals surface area contributed by atoms with Crippen molar-refractivity contribution in [3.05, 3.63) is 142 Å². The van der Waals surface area contributed by atoms with Crippen LogP contribution in [0.15, 0.2) is 97.6 Å². The molecule has 5 aliphatic heterocycles. The van der Waals surface area contributed by atoms with Crippen LogP contribution in [-0.4, -0.2) is 205 Å². The van der Waals surface area contributed by atoms with Gasteiger partial charge in [0.2, 0.25) is 0 Å². The van der Waals surface area contributed by atoms with Crippen molar-refractivity contribution in [1.82, 2.24) is 39.5 Å². The molecule has 4 aromatic carbocycles. The monoisotopic (exact) mass is 1290 g/mol. The van der Waals surface area contributed by atoms with E-state index in [9.17, 15) is 18.3 Å². The molecule has 12 atom stereocenters. The van der Waals surface area contributed by atoms with Gasteiger partial charge in [0.25, 0.3) is 10.1 Å². The number of hydrogen-bond acceptors (Lipinski definition) is 13. The van der Waals surface area contributed by atoms with Crippen molar-refractivity contribution in [2.75, 3.05) is 117 Å². The summed E-state index contributed by atoms with van der Waals surface area (Å²) in [5, 5.41) is 24.3. The lowest BCUT2D eigenvalue weighted by molar-refractivity contribution is -0.105. The van der Waals surface area contributed by atoms with Crippen molar-refractivity contribution in [3.63, 3.8) is 0 Å². The molecule has 5 saturated heterocycles. The third kappa shape index (κ3) is 13.8. The van der Waals surface area contributed by atoms with Gasteiger partial charge in [-0.2, -0.15) is 31.9 Å². The molecule has 9 heterocycles. The Morgan fingerprint density at radius 2 is 0.879 bits per heavy atom. The van der Waals surface area contributed by atoms with E-state index in [4.69, 9.17) is 14.0 Å². The Labute approximate surface area is 546 Å². The lowest BCUT2D eigenvalue weighted by atomic mass is 9.72. The van der Waals surface area contributed by atoms with Crippen molar-refractivity contribution in [3.8, 4) is 0 Å². The normalized spacial score (nSPS) is 28.3. The first kappa shape index (κ1) is 64.7. The van der Waals surface area contributed by atoms with E-state index in [1.807, 2.05) is 11.8 Å². The second-order valence-corrected chi connectivity index (χ2v) is 31.9. The van der Waals surface area contributed by atoms with Crippen LogP contribution in [0.1, 0.15) is 107 Å². The molecule has 17 rings (SSSR count). The van der Waals surface area contributed by atoms with Crippen LogP contribution >= 0.6 is 23.5 Å². The Kier molecular flexibility index (Phi) is 20.3. The summed E-state index contributed by atoms with van der Waals surface area (Å²) in [5.74, 6) is 8.15. The highest BCUT2D eigenvalue weighted by Crippen LogP contribution is 2.49. The highest BCUT2D eigenvalue weighted by atomic mass is 32.2. The predicted octanol–water partition coefficient (Wildman–Crippen LogP) is 10.9. The number of aromatic nitrogens is 4. The molecule has 15 nitrogen and oxygen atoms in total. The number of likely N-dealkylation sites (tertiary alicyclic amines) is 4. The van der Waals surface area contributed by atoms with Crippen LogP contribution in [0.3, 0.4) is 0 Å². The lowest BCUT2D eigenvalue weighted by Crippen LogP contribution is -2.48. The predicted molar refractivity (Wildman–Crippen MR) is 373 cm³/mol. The highest BCUT2D eigenvalue weighted by Gasteiger charge is 2.43. The molecule has 9 aliphatic rings. The van der Waals surface area contributed by atoms with Crippen LogP contribution in [0.5, 0.6) is 0 Å². The number of fused-ring (bicyclic) bond motifs is 8. The number of carbonyl (C=O) groups excluding carboxylic acids is 1. The van der Waals surface area contributed by atoms with Gasteiger partial charge in [-0.05, 0) is 196 Å². The number of thioether (sulfide) groups is 2. The molecule has 18 heteroatoms. The van der Waals surface area contributed by atoms with Gasteiger partial charge < -0.3 is 59.3 Å². The lowest BCUT2D eigenvalue weighted by Gasteiger charge is -2.45. The number of likely N-dealkylation sites (N-methyl/N-ethyl adjacent to an activating group) is 4. The fourth-order valence-corrected chi connectivity index (χ4v) is 20.2. The minimum atomic E-state index is -3.37. The fraction of sp³-hybridized carbons (Fsp3) is 0.548. The molecule has 0 unspecified atom stereocenters. The fourth-order valence-electron chi connectivity index (χ4n) is 18.0. The standard InChI is InChI=1S/C18H24N2OS.C18H22N2OS.C17H22N2O3S.C16H20N2O.C4H8O/c2*1-20-10-12(11-22-6-5-21)7-15-14-3-2-4-16-18(14)13(9-19-16)8-17(15)20;1-19-9-11(10-22-23(2,20)21)6-14-13-4-3-5-15-17(13)12(8-18-15)7-16(14)19;1-18-8-10(9-19)5-13-12-3-2-4-14-16(12)11(7-17-14)6-15(13)18;1-2-4-5-3-1/h2-4,9,12,15,17,19,21H,5-8,10-11H2,1H3;2-5,9,12,15,17,19H,6-8,10-11H2,1H3;3-5,8,11,14,16,18H,6-7,9-10H2,1-2H3;2-4,7,10,13,15,17,19H,5-6,8-9H2,1H3;1-4H2/t2*12-,15-,17-;11-,14-,16-;10-,13-,15-;/m1111./s1. The smallest absolute Gasteiger partial charge is 0.264 e. The van der Waals surface area contributed by atoms with E-state index >= 15 is 0 Å². The molecule has 91 heavy (non-hydrogen) atoms. The van der Waals surface area contributed by atoms with E-state index < -0.39 is 10.1 Å². The number of ether oxygens (including phenoxy) is 1. The number of benzene rings is 4. The number of H-pyrrole nitrogens is 4. The van der Waals surface area contributed by atoms with Crippen molar-refractivity contribution in [2.45, 2.75) is 112 Å². The third-order valence-corrected chi connectivity index (χ3v) is 24.8. The third-order valence-electron chi connectivity index (χ3n) is 22.0. The molecule has 0 spiro atoms. The zero-order valence-electron chi connectivity index (χ0n) is 54.0. The van der Waals surface area contributed by atoms with E-state index in [2.05, 4.69) is 165 Å². The number of aromatic amines is 4. The van der Waals surface area contributed by atoms with Crippen LogP contribution in [0.4, 0.5) is 0 Å². The largest absolute Gasteiger partial charge is 0.396 e. The number of nitrogens with one attached hydrogen (secondary N) is 4. The van der Waals surface area contributed by atoms with Gasteiger partial charge in [0.15, 0.2) is 0 Å². The maximum absolute atomic E-state index is 11.3. The maximum Gasteiger partial charge on any atom is 0.264 e. The Morgan fingerprint density at radius 1 is 0.527 bits per heavy atom. The number of hydrogen-bond donors (Lipinski definition) is 6. The topological polar surface area (TPSA) is 186 Å². The molecule has 6 N–H and O–H groups in total. The molecule has 0 saturated carbocycles. The van der Waals surface area contributed by atoms with E-state index in [0.29, 0.717) is 78.6 Å². The average molecular weight is 1290 g/mol. The number of aliphatic hydroxyl groups excluding tert-OH is 2. The van der Waals surface area contributed by atoms with Gasteiger partial charge in [0, 0.05) is 174 Å². The molecule has 0 radical (unpaired) electrons. The summed E-state index contributed by atoms with van der Waals surface area (Å²) < 4.78 is 32.6. The van der Waals surface area contributed by atoms with Crippen molar-refractivity contribution < 1.29 is 32.3 Å². The molecule has 5 fully saturated rings. The number of rotatable bonds is 12. The van der Waals surface area contributed by atoms with E-state index in [1.54, 1.807) is 17.3 Å². The van der Waals surface area contributed by atoms with Gasteiger partial charge >= 0.3 is 0 Å². The van der Waals surface area contributed by atoms with Crippen molar-refractivity contribution >= 4 is 83.5 Å². The van der Waals surface area contributed by atoms with Gasteiger partial charge in [-0.3, -0.25) is 4.18 Å². The second kappa shape index (κ2) is 28.6. The van der Waals surface area contributed by atoms with Crippen LogP contribution in [-0.2, 0) is 49.5 Å². The van der Waals surface area contributed by atoms with Gasteiger partial charge in [0.05, 0.1) is 19.5 Å². The summed E-state index contributed by atoms with van der Waals surface area (Å²) in [5.41, 5.74) is 16.8. The number of piperidine rings is 4. The Bertz CT molecular complexity index is 3890. The zero-order valence-corrected chi connectivity index (χ0v) is 56.4. The summed E-state index contributed by atoms with van der Waals surface area (Å²) in [6.45, 7) is 7.13. The molecule has 8 aromatic rings. The maximum atomic E-state index is 11.3. The first-order chi connectivity index (χ1) is 44.2. The number of aliphatic hydroxyl groups is 2. The second-order valence-electron chi connectivity index (χ2n) is 28.0. The number of carbonyl (C=O) groups is 1. The first-order valence-corrected chi connectivity index (χ1v) is 37.8. The van der Waals surface area contributed by atoms with Gasteiger partial charge in [-0.1, -0.05) is 48.5 Å². The van der Waals surface area contributed by atoms with Gasteiger partial charge in [0.1, 0.15) is 6.29 Å². The Hall–Kier alpha value is -4.96. The van der Waals surface area contributed by atoms with Crippen LogP contribution in [0, 0.1) is 23.7 Å². The van der Waals surface area contributed by atoms with Gasteiger partial charge in [-0.25, -0.2) is 0 Å². The molecule has 0 amide bonds. The summed E-state index contributed by atoms with van der Waals surface area (Å²) in [6, 6.07) is 28.8. The van der Waals surface area contributed by atoms with Crippen LogP contribution in [0.2, 0.25) is 0 Å². The highest BCUT2D eigenvalue weighted by molar-refractivity contribution is 7.99. The van der Waals surface area contributed by atoms with Crippen molar-refractivity contribution in [1.29, 1.82) is 0 Å².